The third-order valence-electron chi connectivity index (χ3n) is 2.75. The Balaban J connectivity index is 2.14. The topological polar surface area (TPSA) is 9.23 Å². The van der Waals surface area contributed by atoms with E-state index in [0.717, 1.165) is 17.2 Å². The summed E-state index contributed by atoms with van der Waals surface area (Å²) in [5.74, 6) is -1.01. The highest BCUT2D eigenvalue weighted by molar-refractivity contribution is 5.35. The van der Waals surface area contributed by atoms with Crippen LogP contribution < -0.4 is 4.74 Å². The van der Waals surface area contributed by atoms with Crippen LogP contribution in [0.15, 0.2) is 36.4 Å². The van der Waals surface area contributed by atoms with E-state index in [4.69, 9.17) is 4.74 Å². The van der Waals surface area contributed by atoms with Crippen LogP contribution in [0.5, 0.6) is 5.75 Å². The maximum atomic E-state index is 13.4. The quantitative estimate of drug-likeness (QED) is 0.792. The van der Waals surface area contributed by atoms with Crippen molar-refractivity contribution in [3.05, 3.63) is 64.7 Å². The molecule has 0 heterocycles. The van der Waals surface area contributed by atoms with Crippen LogP contribution in [0.2, 0.25) is 0 Å². The summed E-state index contributed by atoms with van der Waals surface area (Å²) in [5.41, 5.74) is 2.33. The van der Waals surface area contributed by atoms with Crippen molar-refractivity contribution in [2.24, 2.45) is 0 Å². The van der Waals surface area contributed by atoms with Gasteiger partial charge in [-0.1, -0.05) is 29.8 Å². The van der Waals surface area contributed by atoms with Crippen molar-refractivity contribution in [1.82, 2.24) is 0 Å². The second kappa shape index (κ2) is 5.17. The number of aryl methyl sites for hydroxylation is 2. The van der Waals surface area contributed by atoms with Crippen molar-refractivity contribution >= 4 is 0 Å². The summed E-state index contributed by atoms with van der Waals surface area (Å²) >= 11 is 0. The molecule has 0 unspecified atom stereocenters. The molecule has 0 saturated carbocycles. The van der Waals surface area contributed by atoms with Crippen molar-refractivity contribution in [2.45, 2.75) is 20.5 Å². The summed E-state index contributed by atoms with van der Waals surface area (Å²) in [5, 5.41) is 0. The molecule has 1 nitrogen and oxygen atoms in total. The first kappa shape index (κ1) is 12.6. The van der Waals surface area contributed by atoms with Gasteiger partial charge in [-0.15, -0.1) is 0 Å². The van der Waals surface area contributed by atoms with E-state index in [1.807, 2.05) is 32.0 Å². The van der Waals surface area contributed by atoms with Gasteiger partial charge in [-0.25, -0.2) is 8.78 Å². The lowest BCUT2D eigenvalue weighted by Gasteiger charge is -2.10. The maximum Gasteiger partial charge on any atom is 0.165 e. The third kappa shape index (κ3) is 2.67. The zero-order valence-electron chi connectivity index (χ0n) is 10.3. The van der Waals surface area contributed by atoms with Crippen molar-refractivity contribution in [3.8, 4) is 5.75 Å². The molecule has 0 N–H and O–H groups in total. The Kier molecular flexibility index (Phi) is 3.60. The number of benzene rings is 2. The first-order valence-electron chi connectivity index (χ1n) is 5.71. The van der Waals surface area contributed by atoms with E-state index < -0.39 is 11.6 Å². The SMILES string of the molecule is Cc1ccc(OCc2cccc(F)c2F)c(C)c1. The lowest BCUT2D eigenvalue weighted by atomic mass is 10.1. The zero-order chi connectivity index (χ0) is 13.1. The standard InChI is InChI=1S/C15H14F2O/c1-10-6-7-14(11(2)8-10)18-9-12-4-3-5-13(16)15(12)17/h3-8H,9H2,1-2H3. The Morgan fingerprint density at radius 2 is 1.83 bits per heavy atom. The number of ether oxygens (including phenoxy) is 1. The van der Waals surface area contributed by atoms with E-state index in [1.54, 1.807) is 0 Å². The van der Waals surface area contributed by atoms with Crippen LogP contribution in [-0.2, 0) is 6.61 Å². The molecule has 0 saturated heterocycles. The van der Waals surface area contributed by atoms with Gasteiger partial charge in [-0.05, 0) is 31.5 Å². The highest BCUT2D eigenvalue weighted by Gasteiger charge is 2.08. The van der Waals surface area contributed by atoms with Crippen molar-refractivity contribution in [1.29, 1.82) is 0 Å². The molecular weight excluding hydrogens is 234 g/mol. The van der Waals surface area contributed by atoms with E-state index in [-0.39, 0.29) is 12.2 Å². The summed E-state index contributed by atoms with van der Waals surface area (Å²) in [6.07, 6.45) is 0. The molecule has 0 aliphatic carbocycles. The van der Waals surface area contributed by atoms with Gasteiger partial charge < -0.3 is 4.74 Å². The molecule has 94 valence electrons. The molecule has 0 atom stereocenters. The first-order chi connectivity index (χ1) is 8.58. The first-order valence-corrected chi connectivity index (χ1v) is 5.71. The van der Waals surface area contributed by atoms with Gasteiger partial charge in [0.25, 0.3) is 0 Å². The van der Waals surface area contributed by atoms with Crippen LogP contribution in [-0.4, -0.2) is 0 Å². The van der Waals surface area contributed by atoms with Gasteiger partial charge in [0.1, 0.15) is 12.4 Å². The van der Waals surface area contributed by atoms with Gasteiger partial charge in [-0.3, -0.25) is 0 Å². The fraction of sp³-hybridized carbons (Fsp3) is 0.200. The molecule has 0 radical (unpaired) electrons. The van der Waals surface area contributed by atoms with E-state index in [9.17, 15) is 8.78 Å². The van der Waals surface area contributed by atoms with Crippen LogP contribution in [0.4, 0.5) is 8.78 Å². The molecule has 0 aliphatic heterocycles. The minimum absolute atomic E-state index is 0.0213. The summed E-state index contributed by atoms with van der Waals surface area (Å²) in [7, 11) is 0. The van der Waals surface area contributed by atoms with E-state index in [1.165, 1.54) is 12.1 Å². The van der Waals surface area contributed by atoms with Gasteiger partial charge in [-0.2, -0.15) is 0 Å². The van der Waals surface area contributed by atoms with E-state index in [0.29, 0.717) is 5.75 Å². The van der Waals surface area contributed by atoms with E-state index in [2.05, 4.69) is 0 Å². The van der Waals surface area contributed by atoms with Gasteiger partial charge in [0, 0.05) is 5.56 Å². The lowest BCUT2D eigenvalue weighted by Crippen LogP contribution is -2.01. The molecular formula is C15H14F2O. The van der Waals surface area contributed by atoms with Crippen molar-refractivity contribution in [3.63, 3.8) is 0 Å². The van der Waals surface area contributed by atoms with Gasteiger partial charge >= 0.3 is 0 Å². The largest absolute Gasteiger partial charge is 0.489 e. The number of hydrogen-bond donors (Lipinski definition) is 0. The molecule has 0 aliphatic rings. The van der Waals surface area contributed by atoms with Crippen LogP contribution in [0, 0.1) is 25.5 Å². The Labute approximate surface area is 105 Å². The maximum absolute atomic E-state index is 13.4. The van der Waals surface area contributed by atoms with Crippen LogP contribution in [0.3, 0.4) is 0 Å². The number of halogens is 2. The monoisotopic (exact) mass is 248 g/mol. The second-order valence-electron chi connectivity index (χ2n) is 4.27. The Hall–Kier alpha value is -1.90. The second-order valence-corrected chi connectivity index (χ2v) is 4.27. The Morgan fingerprint density at radius 1 is 1.06 bits per heavy atom. The average Bonchev–Trinajstić information content (AvgIpc) is 2.33. The minimum Gasteiger partial charge on any atom is -0.489 e. The molecule has 3 heteroatoms. The molecule has 2 aromatic carbocycles. The predicted octanol–water partition coefficient (Wildman–Crippen LogP) is 4.16. The fourth-order valence-corrected chi connectivity index (χ4v) is 1.78. The van der Waals surface area contributed by atoms with Gasteiger partial charge in [0.15, 0.2) is 11.6 Å². The van der Waals surface area contributed by atoms with Gasteiger partial charge in [0.2, 0.25) is 0 Å². The Bertz CT molecular complexity index is 564. The van der Waals surface area contributed by atoms with Gasteiger partial charge in [0.05, 0.1) is 0 Å². The molecule has 18 heavy (non-hydrogen) atoms. The van der Waals surface area contributed by atoms with Crippen molar-refractivity contribution < 1.29 is 13.5 Å². The predicted molar refractivity (Wildman–Crippen MR) is 66.6 cm³/mol. The van der Waals surface area contributed by atoms with Crippen molar-refractivity contribution in [2.75, 3.05) is 0 Å². The molecule has 2 aromatic rings. The molecule has 0 fully saturated rings. The fourth-order valence-electron chi connectivity index (χ4n) is 1.78. The highest BCUT2D eigenvalue weighted by Crippen LogP contribution is 2.21. The van der Waals surface area contributed by atoms with Crippen LogP contribution >= 0.6 is 0 Å². The summed E-state index contributed by atoms with van der Waals surface area (Å²) in [4.78, 5) is 0. The molecule has 0 spiro atoms. The average molecular weight is 248 g/mol. The smallest absolute Gasteiger partial charge is 0.165 e. The van der Waals surface area contributed by atoms with Crippen LogP contribution in [0.25, 0.3) is 0 Å². The normalized spacial score (nSPS) is 10.4. The minimum atomic E-state index is -0.850. The molecule has 2 rings (SSSR count). The summed E-state index contributed by atoms with van der Waals surface area (Å²) in [6, 6.07) is 9.82. The number of rotatable bonds is 3. The molecule has 0 aromatic heterocycles. The summed E-state index contributed by atoms with van der Waals surface area (Å²) in [6.45, 7) is 3.93. The van der Waals surface area contributed by atoms with Crippen LogP contribution in [0.1, 0.15) is 16.7 Å². The molecule has 0 amide bonds. The van der Waals surface area contributed by atoms with E-state index >= 15 is 0 Å². The number of hydrogen-bond acceptors (Lipinski definition) is 1. The lowest BCUT2D eigenvalue weighted by molar-refractivity contribution is 0.295. The molecule has 0 bridgehead atoms. The third-order valence-corrected chi connectivity index (χ3v) is 2.75. The zero-order valence-corrected chi connectivity index (χ0v) is 10.3. The Morgan fingerprint density at radius 3 is 2.56 bits per heavy atom. The highest BCUT2D eigenvalue weighted by atomic mass is 19.2. The summed E-state index contributed by atoms with van der Waals surface area (Å²) < 4.78 is 31.9.